The van der Waals surface area contributed by atoms with Gasteiger partial charge >= 0.3 is 0 Å². The Kier molecular flexibility index (Phi) is 4.42. The van der Waals surface area contributed by atoms with Gasteiger partial charge in [0.1, 0.15) is 0 Å². The van der Waals surface area contributed by atoms with Crippen molar-refractivity contribution in [2.45, 2.75) is 32.2 Å². The highest BCUT2D eigenvalue weighted by atomic mass is 15.2. The summed E-state index contributed by atoms with van der Waals surface area (Å²) in [7, 11) is 0. The van der Waals surface area contributed by atoms with E-state index in [1.54, 1.807) is 0 Å². The van der Waals surface area contributed by atoms with E-state index in [0.29, 0.717) is 0 Å². The van der Waals surface area contributed by atoms with E-state index in [1.807, 2.05) is 0 Å². The molecule has 2 rings (SSSR count). The fourth-order valence-electron chi connectivity index (χ4n) is 2.72. The van der Waals surface area contributed by atoms with Gasteiger partial charge < -0.3 is 10.2 Å². The lowest BCUT2D eigenvalue weighted by atomic mass is 10.2. The van der Waals surface area contributed by atoms with Crippen LogP contribution in [-0.2, 0) is 0 Å². The molecule has 2 aliphatic heterocycles. The SMILES string of the molecule is CC1CCCN1CCN1CCCNCC1. The Hall–Kier alpha value is -0.120. The second-order valence-corrected chi connectivity index (χ2v) is 4.97. The number of likely N-dealkylation sites (tertiary alicyclic amines) is 1. The second kappa shape index (κ2) is 5.83. The molecule has 15 heavy (non-hydrogen) atoms. The van der Waals surface area contributed by atoms with Crippen LogP contribution in [-0.4, -0.2) is 61.7 Å². The molecule has 2 fully saturated rings. The fraction of sp³-hybridized carbons (Fsp3) is 1.00. The van der Waals surface area contributed by atoms with Gasteiger partial charge in [-0.2, -0.15) is 0 Å². The summed E-state index contributed by atoms with van der Waals surface area (Å²) in [4.78, 5) is 5.27. The Bertz CT molecular complexity index is 176. The first kappa shape index (κ1) is 11.4. The number of rotatable bonds is 3. The van der Waals surface area contributed by atoms with Gasteiger partial charge in [-0.25, -0.2) is 0 Å². The van der Waals surface area contributed by atoms with Gasteiger partial charge in [0.15, 0.2) is 0 Å². The van der Waals surface area contributed by atoms with Gasteiger partial charge in [0.25, 0.3) is 0 Å². The highest BCUT2D eigenvalue weighted by Gasteiger charge is 2.20. The van der Waals surface area contributed by atoms with Crippen LogP contribution in [0, 0.1) is 0 Å². The molecule has 0 saturated carbocycles. The van der Waals surface area contributed by atoms with Gasteiger partial charge in [0, 0.05) is 32.2 Å². The topological polar surface area (TPSA) is 18.5 Å². The van der Waals surface area contributed by atoms with Crippen molar-refractivity contribution in [3.63, 3.8) is 0 Å². The molecule has 0 bridgehead atoms. The van der Waals surface area contributed by atoms with Crippen LogP contribution in [0.2, 0.25) is 0 Å². The molecule has 2 heterocycles. The van der Waals surface area contributed by atoms with E-state index >= 15 is 0 Å². The Morgan fingerprint density at radius 2 is 2.00 bits per heavy atom. The Morgan fingerprint density at radius 1 is 1.07 bits per heavy atom. The maximum atomic E-state index is 3.46. The minimum Gasteiger partial charge on any atom is -0.315 e. The van der Waals surface area contributed by atoms with Crippen LogP contribution in [0.4, 0.5) is 0 Å². The third-order valence-corrected chi connectivity index (χ3v) is 3.83. The minimum absolute atomic E-state index is 0.829. The Morgan fingerprint density at radius 3 is 2.80 bits per heavy atom. The second-order valence-electron chi connectivity index (χ2n) is 4.97. The first-order valence-corrected chi connectivity index (χ1v) is 6.53. The molecule has 0 aromatic carbocycles. The largest absolute Gasteiger partial charge is 0.315 e. The molecule has 3 nitrogen and oxygen atoms in total. The number of nitrogens with one attached hydrogen (secondary N) is 1. The van der Waals surface area contributed by atoms with Crippen molar-refractivity contribution in [2.75, 3.05) is 45.8 Å². The van der Waals surface area contributed by atoms with Crippen LogP contribution >= 0.6 is 0 Å². The third kappa shape index (κ3) is 3.44. The lowest BCUT2D eigenvalue weighted by Gasteiger charge is -2.26. The molecule has 1 atom stereocenters. The highest BCUT2D eigenvalue weighted by molar-refractivity contribution is 4.76. The monoisotopic (exact) mass is 211 g/mol. The molecule has 2 aliphatic rings. The lowest BCUT2D eigenvalue weighted by Crippen LogP contribution is -2.38. The van der Waals surface area contributed by atoms with E-state index < -0.39 is 0 Å². The van der Waals surface area contributed by atoms with E-state index in [9.17, 15) is 0 Å². The first-order chi connectivity index (χ1) is 7.36. The van der Waals surface area contributed by atoms with E-state index in [1.165, 1.54) is 65.1 Å². The third-order valence-electron chi connectivity index (χ3n) is 3.83. The molecular weight excluding hydrogens is 186 g/mol. The molecule has 0 radical (unpaired) electrons. The van der Waals surface area contributed by atoms with Gasteiger partial charge in [0.05, 0.1) is 0 Å². The van der Waals surface area contributed by atoms with Crippen molar-refractivity contribution >= 4 is 0 Å². The Balaban J connectivity index is 1.67. The zero-order valence-corrected chi connectivity index (χ0v) is 10.0. The van der Waals surface area contributed by atoms with Gasteiger partial charge in [-0.05, 0) is 45.8 Å². The van der Waals surface area contributed by atoms with Crippen molar-refractivity contribution in [3.05, 3.63) is 0 Å². The van der Waals surface area contributed by atoms with Crippen molar-refractivity contribution in [2.24, 2.45) is 0 Å². The molecule has 1 unspecified atom stereocenters. The van der Waals surface area contributed by atoms with Gasteiger partial charge in [-0.15, -0.1) is 0 Å². The van der Waals surface area contributed by atoms with Crippen LogP contribution in [0.1, 0.15) is 26.2 Å². The molecule has 2 saturated heterocycles. The van der Waals surface area contributed by atoms with Crippen LogP contribution in [0.25, 0.3) is 0 Å². The first-order valence-electron chi connectivity index (χ1n) is 6.53. The minimum atomic E-state index is 0.829. The Labute approximate surface area is 93.8 Å². The van der Waals surface area contributed by atoms with Crippen LogP contribution in [0.3, 0.4) is 0 Å². The standard InChI is InChI=1S/C12H25N3/c1-12-4-2-8-15(12)11-10-14-7-3-5-13-6-9-14/h12-13H,2-11H2,1H3. The van der Waals surface area contributed by atoms with Crippen molar-refractivity contribution in [3.8, 4) is 0 Å². The molecule has 1 N–H and O–H groups in total. The average molecular weight is 211 g/mol. The fourth-order valence-corrected chi connectivity index (χ4v) is 2.72. The number of hydrogen-bond acceptors (Lipinski definition) is 3. The van der Waals surface area contributed by atoms with Crippen molar-refractivity contribution < 1.29 is 0 Å². The quantitative estimate of drug-likeness (QED) is 0.744. The molecule has 0 spiro atoms. The van der Waals surface area contributed by atoms with Crippen molar-refractivity contribution in [1.29, 1.82) is 0 Å². The van der Waals surface area contributed by atoms with E-state index in [4.69, 9.17) is 0 Å². The van der Waals surface area contributed by atoms with Crippen LogP contribution in [0.5, 0.6) is 0 Å². The van der Waals surface area contributed by atoms with Gasteiger partial charge in [-0.1, -0.05) is 0 Å². The summed E-state index contributed by atoms with van der Waals surface area (Å²) < 4.78 is 0. The maximum absolute atomic E-state index is 3.46. The summed E-state index contributed by atoms with van der Waals surface area (Å²) >= 11 is 0. The molecule has 0 amide bonds. The molecule has 0 aromatic rings. The average Bonchev–Trinajstić information content (AvgIpc) is 2.53. The molecule has 0 aromatic heterocycles. The van der Waals surface area contributed by atoms with Gasteiger partial charge in [-0.3, -0.25) is 4.90 Å². The predicted molar refractivity (Wildman–Crippen MR) is 64.2 cm³/mol. The summed E-state index contributed by atoms with van der Waals surface area (Å²) in [6.07, 6.45) is 4.12. The van der Waals surface area contributed by atoms with Gasteiger partial charge in [0.2, 0.25) is 0 Å². The van der Waals surface area contributed by atoms with E-state index in [0.717, 1.165) is 6.04 Å². The zero-order valence-electron chi connectivity index (χ0n) is 10.0. The summed E-state index contributed by atoms with van der Waals surface area (Å²) in [5.41, 5.74) is 0. The smallest absolute Gasteiger partial charge is 0.0112 e. The summed E-state index contributed by atoms with van der Waals surface area (Å²) in [6, 6.07) is 0.829. The number of nitrogens with zero attached hydrogens (tertiary/aromatic N) is 2. The lowest BCUT2D eigenvalue weighted by molar-refractivity contribution is 0.206. The molecular formula is C12H25N3. The summed E-state index contributed by atoms with van der Waals surface area (Å²) in [5.74, 6) is 0. The summed E-state index contributed by atoms with van der Waals surface area (Å²) in [5, 5.41) is 3.46. The van der Waals surface area contributed by atoms with Crippen LogP contribution in [0.15, 0.2) is 0 Å². The van der Waals surface area contributed by atoms with Crippen molar-refractivity contribution in [1.82, 2.24) is 15.1 Å². The predicted octanol–water partition coefficient (Wildman–Crippen LogP) is 0.766. The normalized spacial score (nSPS) is 30.6. The van der Waals surface area contributed by atoms with Crippen LogP contribution < -0.4 is 5.32 Å². The van der Waals surface area contributed by atoms with E-state index in [-0.39, 0.29) is 0 Å². The molecule has 3 heteroatoms. The summed E-state index contributed by atoms with van der Waals surface area (Å²) in [6.45, 7) is 11.2. The molecule has 88 valence electrons. The highest BCUT2D eigenvalue weighted by Crippen LogP contribution is 2.15. The molecule has 0 aliphatic carbocycles. The maximum Gasteiger partial charge on any atom is 0.0112 e. The number of hydrogen-bond donors (Lipinski definition) is 1. The zero-order chi connectivity index (χ0) is 10.5. The van der Waals surface area contributed by atoms with E-state index in [2.05, 4.69) is 22.0 Å².